The van der Waals surface area contributed by atoms with E-state index in [1.165, 1.54) is 0 Å². The van der Waals surface area contributed by atoms with Gasteiger partial charge in [-0.05, 0) is 29.3 Å². The Hall–Kier alpha value is -2.82. The van der Waals surface area contributed by atoms with Crippen molar-refractivity contribution in [1.29, 1.82) is 0 Å². The Balaban J connectivity index is 1.63. The second-order valence-electron chi connectivity index (χ2n) is 7.66. The molecule has 0 spiro atoms. The maximum atomic E-state index is 10.9. The van der Waals surface area contributed by atoms with E-state index in [9.17, 15) is 5.11 Å². The summed E-state index contributed by atoms with van der Waals surface area (Å²) in [6, 6.07) is 18.1. The van der Waals surface area contributed by atoms with Crippen molar-refractivity contribution in [2.75, 3.05) is 7.11 Å². The molecule has 0 aliphatic rings. The Morgan fingerprint density at radius 1 is 1.03 bits per heavy atom. The fourth-order valence-electron chi connectivity index (χ4n) is 4.05. The Kier molecular flexibility index (Phi) is 6.13. The van der Waals surface area contributed by atoms with Crippen LogP contribution in [0, 0.1) is 0 Å². The Bertz CT molecular complexity index is 1450. The summed E-state index contributed by atoms with van der Waals surface area (Å²) < 4.78 is 9.51. The number of rotatable bonds is 6. The van der Waals surface area contributed by atoms with Gasteiger partial charge in [-0.2, -0.15) is 0 Å². The highest BCUT2D eigenvalue weighted by Gasteiger charge is 2.18. The van der Waals surface area contributed by atoms with Crippen molar-refractivity contribution in [3.63, 3.8) is 0 Å². The molecular weight excluding hydrogens is 547 g/mol. The van der Waals surface area contributed by atoms with Gasteiger partial charge in [0.05, 0.1) is 7.11 Å². The first kappa shape index (κ1) is 22.0. The standard InChI is InChI=1S/C25H21IN4O2S/c1-29-11-10-27-25(29)23(31)17-7-5-6-16(12-17)18-13-20-21(15-30(33-26)24(20)28-14-18)19-8-3-4-9-22(19)32-2/h3-15,23,31H,1-2H3. The lowest BCUT2D eigenvalue weighted by Crippen LogP contribution is -2.06. The molecule has 166 valence electrons. The molecule has 0 aliphatic heterocycles. The predicted molar refractivity (Wildman–Crippen MR) is 141 cm³/mol. The van der Waals surface area contributed by atoms with E-state index in [2.05, 4.69) is 48.5 Å². The summed E-state index contributed by atoms with van der Waals surface area (Å²) in [6.45, 7) is 0. The van der Waals surface area contributed by atoms with E-state index in [1.807, 2.05) is 66.5 Å². The number of pyridine rings is 1. The molecule has 0 saturated heterocycles. The second kappa shape index (κ2) is 9.20. The first-order valence-corrected chi connectivity index (χ1v) is 13.6. The van der Waals surface area contributed by atoms with Crippen molar-refractivity contribution in [1.82, 2.24) is 18.5 Å². The number of aliphatic hydroxyl groups excluding tert-OH is 1. The molecule has 1 N–H and O–H groups in total. The van der Waals surface area contributed by atoms with Crippen molar-refractivity contribution in [3.8, 4) is 28.0 Å². The summed E-state index contributed by atoms with van der Waals surface area (Å²) in [6.07, 6.45) is 6.69. The molecule has 1 atom stereocenters. The number of aryl methyl sites for hydroxylation is 1. The van der Waals surface area contributed by atoms with E-state index in [0.29, 0.717) is 5.82 Å². The fraction of sp³-hybridized carbons (Fsp3) is 0.120. The summed E-state index contributed by atoms with van der Waals surface area (Å²) in [5.74, 6) is 1.43. The number of halogens is 1. The first-order valence-electron chi connectivity index (χ1n) is 10.3. The van der Waals surface area contributed by atoms with Crippen LogP contribution in [0.5, 0.6) is 5.75 Å². The lowest BCUT2D eigenvalue weighted by atomic mass is 9.99. The average molecular weight is 568 g/mol. The average Bonchev–Trinajstić information content (AvgIpc) is 3.46. The van der Waals surface area contributed by atoms with Crippen molar-refractivity contribution < 1.29 is 9.84 Å². The van der Waals surface area contributed by atoms with E-state index in [-0.39, 0.29) is 0 Å². The molecule has 0 aliphatic carbocycles. The number of hydrogen-bond acceptors (Lipinski definition) is 5. The van der Waals surface area contributed by atoms with Crippen LogP contribution in [0.4, 0.5) is 0 Å². The highest BCUT2D eigenvalue weighted by atomic mass is 127. The maximum absolute atomic E-state index is 10.9. The number of para-hydroxylation sites is 1. The van der Waals surface area contributed by atoms with Crippen LogP contribution in [0.15, 0.2) is 79.4 Å². The minimum absolute atomic E-state index is 0.607. The van der Waals surface area contributed by atoms with E-state index >= 15 is 0 Å². The van der Waals surface area contributed by atoms with Crippen LogP contribution in [-0.2, 0) is 7.05 Å². The molecule has 0 bridgehead atoms. The Morgan fingerprint density at radius 3 is 2.64 bits per heavy atom. The molecule has 6 nitrogen and oxygen atoms in total. The van der Waals surface area contributed by atoms with Crippen LogP contribution in [0.3, 0.4) is 0 Å². The van der Waals surface area contributed by atoms with Gasteiger partial charge < -0.3 is 14.4 Å². The lowest BCUT2D eigenvalue weighted by molar-refractivity contribution is 0.206. The number of imidazole rings is 1. The van der Waals surface area contributed by atoms with Gasteiger partial charge in [-0.25, -0.2) is 9.97 Å². The summed E-state index contributed by atoms with van der Waals surface area (Å²) in [5, 5.41) is 11.9. The predicted octanol–water partition coefficient (Wildman–Crippen LogP) is 6.04. The summed E-state index contributed by atoms with van der Waals surface area (Å²) in [5.41, 5.74) is 5.72. The third kappa shape index (κ3) is 4.03. The van der Waals surface area contributed by atoms with Gasteiger partial charge in [0.2, 0.25) is 0 Å². The van der Waals surface area contributed by atoms with E-state index in [4.69, 9.17) is 9.72 Å². The van der Waals surface area contributed by atoms with Gasteiger partial charge in [-0.15, -0.1) is 0 Å². The van der Waals surface area contributed by atoms with Gasteiger partial charge in [0.15, 0.2) is 5.65 Å². The number of benzene rings is 2. The molecule has 0 amide bonds. The molecule has 3 aromatic heterocycles. The summed E-state index contributed by atoms with van der Waals surface area (Å²) >= 11 is 2.26. The largest absolute Gasteiger partial charge is 0.496 e. The molecule has 0 fully saturated rings. The van der Waals surface area contributed by atoms with Crippen molar-refractivity contribution >= 4 is 41.4 Å². The van der Waals surface area contributed by atoms with Crippen LogP contribution < -0.4 is 4.74 Å². The third-order valence-corrected chi connectivity index (χ3v) is 7.42. The highest BCUT2D eigenvalue weighted by Crippen LogP contribution is 2.39. The molecule has 33 heavy (non-hydrogen) atoms. The quantitative estimate of drug-likeness (QED) is 0.253. The van der Waals surface area contributed by atoms with E-state index < -0.39 is 6.10 Å². The molecule has 3 heterocycles. The zero-order chi connectivity index (χ0) is 22.9. The normalized spacial score (nSPS) is 12.2. The monoisotopic (exact) mass is 568 g/mol. The van der Waals surface area contributed by atoms with Crippen LogP contribution in [0.1, 0.15) is 17.5 Å². The Labute approximate surface area is 208 Å². The molecule has 0 radical (unpaired) electrons. The lowest BCUT2D eigenvalue weighted by Gasteiger charge is -2.13. The van der Waals surface area contributed by atoms with E-state index in [1.54, 1.807) is 22.4 Å². The zero-order valence-electron chi connectivity index (χ0n) is 18.0. The topological polar surface area (TPSA) is 65.1 Å². The molecule has 1 unspecified atom stereocenters. The van der Waals surface area contributed by atoms with Gasteiger partial charge in [0.25, 0.3) is 0 Å². The second-order valence-corrected chi connectivity index (χ2v) is 9.37. The van der Waals surface area contributed by atoms with Gasteiger partial charge in [0.1, 0.15) is 17.7 Å². The number of ether oxygens (including phenoxy) is 1. The van der Waals surface area contributed by atoms with Crippen molar-refractivity contribution in [2.24, 2.45) is 7.05 Å². The SMILES string of the molecule is COc1ccccc1-c1cn(SI)c2ncc(-c3cccc(C(O)c4nccn4C)c3)cc12. The van der Waals surface area contributed by atoms with Crippen LogP contribution in [0.25, 0.3) is 33.3 Å². The van der Waals surface area contributed by atoms with Gasteiger partial charge in [-0.3, -0.25) is 3.97 Å². The first-order chi connectivity index (χ1) is 16.1. The highest BCUT2D eigenvalue weighted by molar-refractivity contribution is 14.2. The molecule has 2 aromatic carbocycles. The zero-order valence-corrected chi connectivity index (χ0v) is 21.0. The minimum Gasteiger partial charge on any atom is -0.496 e. The number of aromatic nitrogens is 4. The van der Waals surface area contributed by atoms with Crippen molar-refractivity contribution in [3.05, 3.63) is 90.8 Å². The number of nitrogens with zero attached hydrogens (tertiary/aromatic N) is 4. The van der Waals surface area contributed by atoms with Crippen LogP contribution >= 0.6 is 30.3 Å². The van der Waals surface area contributed by atoms with Gasteiger partial charge in [0, 0.05) is 84.2 Å². The molecule has 5 aromatic rings. The van der Waals surface area contributed by atoms with Crippen LogP contribution in [-0.4, -0.2) is 30.7 Å². The van der Waals surface area contributed by atoms with Gasteiger partial charge in [-0.1, -0.05) is 36.4 Å². The molecule has 0 saturated carbocycles. The molecule has 5 rings (SSSR count). The van der Waals surface area contributed by atoms with E-state index in [0.717, 1.165) is 44.6 Å². The smallest absolute Gasteiger partial charge is 0.151 e. The van der Waals surface area contributed by atoms with Gasteiger partial charge >= 0.3 is 0 Å². The summed E-state index contributed by atoms with van der Waals surface area (Å²) in [4.78, 5) is 9.08. The number of methoxy groups -OCH3 is 1. The molecule has 8 heteroatoms. The Morgan fingerprint density at radius 2 is 1.88 bits per heavy atom. The van der Waals surface area contributed by atoms with Crippen LogP contribution in [0.2, 0.25) is 0 Å². The number of hydrogen-bond donors (Lipinski definition) is 1. The third-order valence-electron chi connectivity index (χ3n) is 5.72. The fourth-order valence-corrected chi connectivity index (χ4v) is 5.31. The minimum atomic E-state index is -0.803. The number of fused-ring (bicyclic) bond motifs is 1. The molecular formula is C25H21IN4O2S. The van der Waals surface area contributed by atoms with Crippen molar-refractivity contribution in [2.45, 2.75) is 6.10 Å². The maximum Gasteiger partial charge on any atom is 0.151 e. The summed E-state index contributed by atoms with van der Waals surface area (Å²) in [7, 11) is 5.14. The number of aliphatic hydroxyl groups is 1.